The zero-order valence-electron chi connectivity index (χ0n) is 16.6. The van der Waals surface area contributed by atoms with Crippen molar-refractivity contribution in [3.8, 4) is 33.6 Å². The number of nitrogens with one attached hydrogen (secondary N) is 1. The first-order chi connectivity index (χ1) is 14.7. The van der Waals surface area contributed by atoms with Gasteiger partial charge in [0.2, 0.25) is 0 Å². The van der Waals surface area contributed by atoms with E-state index in [2.05, 4.69) is 31.5 Å². The molecule has 1 aliphatic heterocycles. The molecule has 30 heavy (non-hydrogen) atoms. The predicted octanol–water partition coefficient (Wildman–Crippen LogP) is 3.28. The highest BCUT2D eigenvalue weighted by atomic mass is 19.1. The number of piperidine rings is 1. The van der Waals surface area contributed by atoms with E-state index in [1.807, 2.05) is 43.8 Å². The van der Waals surface area contributed by atoms with E-state index in [4.69, 9.17) is 0 Å². The lowest BCUT2D eigenvalue weighted by atomic mass is 10.1. The average molecular weight is 403 g/mol. The highest BCUT2D eigenvalue weighted by Crippen LogP contribution is 2.27. The highest BCUT2D eigenvalue weighted by molar-refractivity contribution is 5.70. The van der Waals surface area contributed by atoms with Crippen LogP contribution in [0, 0.1) is 0 Å². The molecule has 4 heterocycles. The summed E-state index contributed by atoms with van der Waals surface area (Å²) in [7, 11) is 1.90. The maximum Gasteiger partial charge on any atom is 0.159 e. The van der Waals surface area contributed by atoms with Gasteiger partial charge in [0.25, 0.3) is 0 Å². The first-order valence-corrected chi connectivity index (χ1v) is 9.98. The maximum absolute atomic E-state index is 14.2. The molecule has 1 aliphatic rings. The van der Waals surface area contributed by atoms with Crippen LogP contribution < -0.4 is 5.32 Å². The molecule has 3 aromatic heterocycles. The number of halogens is 1. The first-order valence-electron chi connectivity index (χ1n) is 9.98. The van der Waals surface area contributed by atoms with Crippen molar-refractivity contribution in [1.29, 1.82) is 0 Å². The topological polar surface area (TPSA) is 73.5 Å². The molecule has 4 aromatic rings. The van der Waals surface area contributed by atoms with Crippen molar-refractivity contribution in [3.05, 3.63) is 61.4 Å². The van der Waals surface area contributed by atoms with Gasteiger partial charge in [-0.15, -0.1) is 0 Å². The molecule has 8 heteroatoms. The molecule has 0 amide bonds. The minimum Gasteiger partial charge on any atom is -0.314 e. The van der Waals surface area contributed by atoms with Gasteiger partial charge < -0.3 is 5.32 Å². The van der Waals surface area contributed by atoms with Crippen LogP contribution in [-0.2, 0) is 7.05 Å². The summed E-state index contributed by atoms with van der Waals surface area (Å²) in [5.74, 6) is 0.652. The summed E-state index contributed by atoms with van der Waals surface area (Å²) in [6.45, 7) is 1.17. The van der Waals surface area contributed by atoms with Crippen LogP contribution >= 0.6 is 0 Å². The van der Waals surface area contributed by atoms with Crippen molar-refractivity contribution in [3.63, 3.8) is 0 Å². The molecule has 2 unspecified atom stereocenters. The zero-order chi connectivity index (χ0) is 20.5. The Morgan fingerprint density at radius 2 is 1.70 bits per heavy atom. The van der Waals surface area contributed by atoms with Gasteiger partial charge in [-0.3, -0.25) is 9.36 Å². The number of nitrogens with zero attached hydrogens (tertiary/aromatic N) is 6. The number of alkyl halides is 1. The van der Waals surface area contributed by atoms with Gasteiger partial charge in [-0.05, 0) is 24.6 Å². The lowest BCUT2D eigenvalue weighted by molar-refractivity contribution is 0.173. The van der Waals surface area contributed by atoms with E-state index in [1.54, 1.807) is 28.0 Å². The van der Waals surface area contributed by atoms with E-state index in [9.17, 15) is 4.39 Å². The van der Waals surface area contributed by atoms with E-state index in [0.29, 0.717) is 12.4 Å². The van der Waals surface area contributed by atoms with Crippen LogP contribution in [0.2, 0.25) is 0 Å². The molecule has 1 aromatic carbocycles. The molecule has 0 aliphatic carbocycles. The van der Waals surface area contributed by atoms with Crippen LogP contribution in [0.25, 0.3) is 33.6 Å². The number of hydrogen-bond acceptors (Lipinski definition) is 5. The van der Waals surface area contributed by atoms with Crippen LogP contribution in [0.1, 0.15) is 12.5 Å². The molecule has 5 rings (SSSR count). The van der Waals surface area contributed by atoms with Crippen LogP contribution in [0.5, 0.6) is 0 Å². The average Bonchev–Trinajstić information content (AvgIpc) is 3.44. The maximum atomic E-state index is 14.2. The Kier molecular flexibility index (Phi) is 4.84. The number of benzene rings is 1. The Morgan fingerprint density at radius 1 is 0.933 bits per heavy atom. The van der Waals surface area contributed by atoms with Crippen molar-refractivity contribution >= 4 is 0 Å². The largest absolute Gasteiger partial charge is 0.314 e. The van der Waals surface area contributed by atoms with Gasteiger partial charge in [0.1, 0.15) is 6.17 Å². The summed E-state index contributed by atoms with van der Waals surface area (Å²) in [5.41, 5.74) is 4.80. The Labute approximate surface area is 173 Å². The number of hydrogen-bond donors (Lipinski definition) is 1. The second-order valence-corrected chi connectivity index (χ2v) is 7.56. The molecular weight excluding hydrogens is 381 g/mol. The molecule has 0 saturated carbocycles. The van der Waals surface area contributed by atoms with Gasteiger partial charge in [0.15, 0.2) is 5.82 Å². The van der Waals surface area contributed by atoms with E-state index in [-0.39, 0.29) is 6.04 Å². The number of rotatable bonds is 4. The minimum atomic E-state index is -0.933. The molecule has 1 saturated heterocycles. The SMILES string of the molecule is Cn1cc(-c2cccc(-c3ncc(-c4cnn(C5CCNCC5F)c4)cn3)c2)cn1. The summed E-state index contributed by atoms with van der Waals surface area (Å²) >= 11 is 0. The first kappa shape index (κ1) is 18.6. The molecule has 0 spiro atoms. The standard InChI is InChI=1S/C22H22FN7/c1-29-13-18(10-27-29)15-3-2-4-16(7-15)22-25-8-17(9-26-22)19-11-28-30(14-19)21-5-6-24-12-20(21)23/h2-4,7-11,13-14,20-21,24H,5-6,12H2,1H3. The number of aromatic nitrogens is 6. The second-order valence-electron chi connectivity index (χ2n) is 7.56. The van der Waals surface area contributed by atoms with E-state index in [0.717, 1.165) is 40.8 Å². The molecule has 2 atom stereocenters. The zero-order valence-corrected chi connectivity index (χ0v) is 16.6. The third kappa shape index (κ3) is 3.61. The fraction of sp³-hybridized carbons (Fsp3) is 0.273. The monoisotopic (exact) mass is 403 g/mol. The fourth-order valence-electron chi connectivity index (χ4n) is 3.81. The predicted molar refractivity (Wildman–Crippen MR) is 112 cm³/mol. The Hall–Kier alpha value is -3.39. The molecule has 1 fully saturated rings. The van der Waals surface area contributed by atoms with Crippen molar-refractivity contribution < 1.29 is 4.39 Å². The molecule has 0 radical (unpaired) electrons. The van der Waals surface area contributed by atoms with Gasteiger partial charge in [-0.2, -0.15) is 10.2 Å². The molecular formula is C22H22FN7. The van der Waals surface area contributed by atoms with Crippen LogP contribution in [0.4, 0.5) is 4.39 Å². The summed E-state index contributed by atoms with van der Waals surface area (Å²) in [6, 6.07) is 7.86. The van der Waals surface area contributed by atoms with Gasteiger partial charge in [0.05, 0.1) is 18.4 Å². The van der Waals surface area contributed by atoms with Gasteiger partial charge >= 0.3 is 0 Å². The third-order valence-electron chi connectivity index (χ3n) is 5.46. The van der Waals surface area contributed by atoms with E-state index < -0.39 is 6.17 Å². The lowest BCUT2D eigenvalue weighted by Gasteiger charge is -2.26. The Balaban J connectivity index is 1.38. The Morgan fingerprint density at radius 3 is 2.47 bits per heavy atom. The summed E-state index contributed by atoms with van der Waals surface area (Å²) < 4.78 is 17.7. The summed E-state index contributed by atoms with van der Waals surface area (Å²) in [6.07, 6.45) is 10.8. The normalized spacial score (nSPS) is 19.1. The van der Waals surface area contributed by atoms with Gasteiger partial charge in [-0.25, -0.2) is 14.4 Å². The van der Waals surface area contributed by atoms with Crippen molar-refractivity contribution in [2.75, 3.05) is 13.1 Å². The summed E-state index contributed by atoms with van der Waals surface area (Å²) in [4.78, 5) is 9.10. The van der Waals surface area contributed by atoms with Crippen LogP contribution in [0.3, 0.4) is 0 Å². The van der Waals surface area contributed by atoms with E-state index >= 15 is 0 Å². The smallest absolute Gasteiger partial charge is 0.159 e. The Bertz CT molecular complexity index is 1150. The van der Waals surface area contributed by atoms with Crippen molar-refractivity contribution in [1.82, 2.24) is 34.8 Å². The third-order valence-corrected chi connectivity index (χ3v) is 5.46. The van der Waals surface area contributed by atoms with Crippen LogP contribution in [0.15, 0.2) is 61.4 Å². The molecule has 0 bridgehead atoms. The molecule has 1 N–H and O–H groups in total. The summed E-state index contributed by atoms with van der Waals surface area (Å²) in [5, 5.41) is 11.7. The molecule has 7 nitrogen and oxygen atoms in total. The number of aryl methyl sites for hydroxylation is 1. The van der Waals surface area contributed by atoms with Crippen molar-refractivity contribution in [2.45, 2.75) is 18.6 Å². The second kappa shape index (κ2) is 7.79. The quantitative estimate of drug-likeness (QED) is 0.566. The van der Waals surface area contributed by atoms with Gasteiger partial charge in [0, 0.05) is 60.6 Å². The van der Waals surface area contributed by atoms with E-state index in [1.165, 1.54) is 0 Å². The van der Waals surface area contributed by atoms with Gasteiger partial charge in [-0.1, -0.05) is 18.2 Å². The highest BCUT2D eigenvalue weighted by Gasteiger charge is 2.26. The minimum absolute atomic E-state index is 0.226. The molecule has 152 valence electrons. The van der Waals surface area contributed by atoms with Crippen LogP contribution in [-0.4, -0.2) is 48.8 Å². The fourth-order valence-corrected chi connectivity index (χ4v) is 3.81. The van der Waals surface area contributed by atoms with Crippen molar-refractivity contribution in [2.24, 2.45) is 7.05 Å². The lowest BCUT2D eigenvalue weighted by Crippen LogP contribution is -2.39.